The number of aliphatic hydroxyl groups excluding tert-OH is 1. The van der Waals surface area contributed by atoms with E-state index in [0.29, 0.717) is 45.2 Å². The zero-order valence-electron chi connectivity index (χ0n) is 15.8. The van der Waals surface area contributed by atoms with E-state index < -0.39 is 17.2 Å². The molecule has 0 aromatic carbocycles. The van der Waals surface area contributed by atoms with E-state index in [9.17, 15) is 23.1 Å². The number of alkyl halides is 3. The Bertz CT molecular complexity index is 734. The average Bonchev–Trinajstić information content (AvgIpc) is 2.98. The molecule has 154 valence electrons. The van der Waals surface area contributed by atoms with Crippen molar-refractivity contribution in [2.45, 2.75) is 63.3 Å². The van der Waals surface area contributed by atoms with Gasteiger partial charge in [-0.2, -0.15) is 13.2 Å². The minimum absolute atomic E-state index is 0.0684. The number of hydrogen-bond donors (Lipinski definition) is 1. The van der Waals surface area contributed by atoms with Gasteiger partial charge in [0, 0.05) is 31.9 Å². The number of rotatable bonds is 2. The molecule has 3 heterocycles. The first kappa shape index (κ1) is 19.5. The molecule has 1 spiro atoms. The fourth-order valence-electron chi connectivity index (χ4n) is 5.13. The van der Waals surface area contributed by atoms with Gasteiger partial charge in [-0.3, -0.25) is 4.79 Å². The number of aromatic nitrogens is 1. The molecule has 28 heavy (non-hydrogen) atoms. The molecule has 1 atom stereocenters. The first-order chi connectivity index (χ1) is 13.3. The van der Waals surface area contributed by atoms with E-state index in [0.717, 1.165) is 18.9 Å². The van der Waals surface area contributed by atoms with Gasteiger partial charge in [0.2, 0.25) is 5.91 Å². The molecule has 0 bridgehead atoms. The minimum Gasteiger partial charge on any atom is -0.393 e. The lowest BCUT2D eigenvalue weighted by atomic mass is 9.78. The molecule has 1 unspecified atom stereocenters. The predicted octanol–water partition coefficient (Wildman–Crippen LogP) is 3.22. The number of aliphatic hydroxyl groups is 1. The lowest BCUT2D eigenvalue weighted by molar-refractivity contribution is -0.139. The summed E-state index contributed by atoms with van der Waals surface area (Å²) in [5.41, 5.74) is -1.36. The average molecular weight is 397 g/mol. The van der Waals surface area contributed by atoms with Crippen molar-refractivity contribution in [3.8, 4) is 0 Å². The highest BCUT2D eigenvalue weighted by molar-refractivity contribution is 5.86. The fourth-order valence-corrected chi connectivity index (χ4v) is 5.13. The Labute approximate surface area is 162 Å². The fraction of sp³-hybridized carbons (Fsp3) is 0.700. The maximum atomic E-state index is 13.4. The second-order valence-electron chi connectivity index (χ2n) is 8.39. The molecule has 4 rings (SSSR count). The number of likely N-dealkylation sites (tertiary alicyclic amines) is 1. The summed E-state index contributed by atoms with van der Waals surface area (Å²) in [6, 6.07) is 2.50. The van der Waals surface area contributed by atoms with Gasteiger partial charge < -0.3 is 14.9 Å². The van der Waals surface area contributed by atoms with E-state index >= 15 is 0 Å². The minimum atomic E-state index is -4.47. The van der Waals surface area contributed by atoms with Crippen molar-refractivity contribution < 1.29 is 23.1 Å². The zero-order chi connectivity index (χ0) is 19.9. The Morgan fingerprint density at radius 3 is 2.61 bits per heavy atom. The van der Waals surface area contributed by atoms with Gasteiger partial charge in [-0.1, -0.05) is 0 Å². The molecule has 0 radical (unpaired) electrons. The molecule has 1 aromatic heterocycles. The molecular formula is C20H26F3N3O2. The quantitative estimate of drug-likeness (QED) is 0.833. The Morgan fingerprint density at radius 2 is 1.89 bits per heavy atom. The summed E-state index contributed by atoms with van der Waals surface area (Å²) >= 11 is 0. The number of carbonyl (C=O) groups excluding carboxylic acids is 1. The summed E-state index contributed by atoms with van der Waals surface area (Å²) in [7, 11) is 0. The number of pyridine rings is 1. The smallest absolute Gasteiger partial charge is 0.393 e. The van der Waals surface area contributed by atoms with Crippen LogP contribution in [-0.2, 0) is 11.0 Å². The summed E-state index contributed by atoms with van der Waals surface area (Å²) in [6.07, 6.45) is 1.70. The first-order valence-corrected chi connectivity index (χ1v) is 10.1. The van der Waals surface area contributed by atoms with E-state index in [1.807, 2.05) is 4.90 Å². The van der Waals surface area contributed by atoms with Crippen molar-refractivity contribution in [3.63, 3.8) is 0 Å². The third-order valence-corrected chi connectivity index (χ3v) is 6.62. The normalized spacial score (nSPS) is 31.6. The van der Waals surface area contributed by atoms with Crippen molar-refractivity contribution in [2.24, 2.45) is 5.41 Å². The van der Waals surface area contributed by atoms with E-state index in [-0.39, 0.29) is 30.4 Å². The number of hydrogen-bond acceptors (Lipinski definition) is 4. The number of piperidine rings is 1. The topological polar surface area (TPSA) is 56.7 Å². The van der Waals surface area contributed by atoms with Gasteiger partial charge in [-0.15, -0.1) is 0 Å². The molecular weight excluding hydrogens is 371 g/mol. The lowest BCUT2D eigenvalue weighted by Gasteiger charge is -2.41. The highest BCUT2D eigenvalue weighted by atomic mass is 19.4. The van der Waals surface area contributed by atoms with Crippen LogP contribution in [0, 0.1) is 5.41 Å². The van der Waals surface area contributed by atoms with Crippen LogP contribution in [0.5, 0.6) is 0 Å². The Morgan fingerprint density at radius 1 is 1.14 bits per heavy atom. The zero-order valence-corrected chi connectivity index (χ0v) is 15.8. The molecule has 1 aromatic rings. The van der Waals surface area contributed by atoms with Crippen LogP contribution < -0.4 is 4.90 Å². The van der Waals surface area contributed by atoms with Crippen LogP contribution >= 0.6 is 0 Å². The van der Waals surface area contributed by atoms with Gasteiger partial charge in [-0.25, -0.2) is 4.98 Å². The summed E-state index contributed by atoms with van der Waals surface area (Å²) in [5, 5.41) is 9.72. The summed E-state index contributed by atoms with van der Waals surface area (Å²) in [6.45, 7) is 1.42. The van der Waals surface area contributed by atoms with Gasteiger partial charge in [0.25, 0.3) is 0 Å². The molecule has 2 aliphatic heterocycles. The Hall–Kier alpha value is -1.83. The second-order valence-corrected chi connectivity index (χ2v) is 8.39. The molecule has 2 saturated heterocycles. The molecule has 1 aliphatic carbocycles. The molecule has 8 heteroatoms. The number of halogens is 3. The van der Waals surface area contributed by atoms with Crippen LogP contribution in [0.4, 0.5) is 19.0 Å². The van der Waals surface area contributed by atoms with Gasteiger partial charge in [0.1, 0.15) is 5.82 Å². The van der Waals surface area contributed by atoms with Gasteiger partial charge in [-0.05, 0) is 57.1 Å². The third kappa shape index (κ3) is 3.47. The van der Waals surface area contributed by atoms with Crippen molar-refractivity contribution in [1.29, 1.82) is 0 Å². The van der Waals surface area contributed by atoms with E-state index in [4.69, 9.17) is 0 Å². The maximum absolute atomic E-state index is 13.4. The maximum Gasteiger partial charge on any atom is 0.419 e. The van der Waals surface area contributed by atoms with Crippen LogP contribution in [0.25, 0.3) is 0 Å². The predicted molar refractivity (Wildman–Crippen MR) is 97.7 cm³/mol. The summed E-state index contributed by atoms with van der Waals surface area (Å²) < 4.78 is 40.3. The van der Waals surface area contributed by atoms with Gasteiger partial charge in [0.05, 0.1) is 17.1 Å². The van der Waals surface area contributed by atoms with Crippen molar-refractivity contribution in [2.75, 3.05) is 24.5 Å². The summed E-state index contributed by atoms with van der Waals surface area (Å²) in [4.78, 5) is 20.9. The van der Waals surface area contributed by atoms with Crippen LogP contribution in [-0.4, -0.2) is 52.7 Å². The van der Waals surface area contributed by atoms with Crippen LogP contribution in [0.3, 0.4) is 0 Å². The number of nitrogens with zero attached hydrogens (tertiary/aromatic N) is 3. The molecule has 3 aliphatic rings. The van der Waals surface area contributed by atoms with Crippen LogP contribution in [0.15, 0.2) is 18.3 Å². The third-order valence-electron chi connectivity index (χ3n) is 6.62. The highest BCUT2D eigenvalue weighted by Gasteiger charge is 2.51. The van der Waals surface area contributed by atoms with E-state index in [1.54, 1.807) is 4.90 Å². The van der Waals surface area contributed by atoms with Crippen LogP contribution in [0.2, 0.25) is 0 Å². The molecule has 1 amide bonds. The van der Waals surface area contributed by atoms with Crippen molar-refractivity contribution >= 4 is 11.7 Å². The largest absolute Gasteiger partial charge is 0.419 e. The number of amides is 1. The molecule has 1 saturated carbocycles. The van der Waals surface area contributed by atoms with E-state index in [1.165, 1.54) is 12.3 Å². The van der Waals surface area contributed by atoms with Crippen LogP contribution in [0.1, 0.15) is 50.5 Å². The van der Waals surface area contributed by atoms with Gasteiger partial charge in [0.15, 0.2) is 0 Å². The van der Waals surface area contributed by atoms with Crippen molar-refractivity contribution in [1.82, 2.24) is 9.88 Å². The SMILES string of the molecule is O=C1N(C2CCC(O)CC2)CCC12CCCN(c1ncccc1C(F)(F)F)C2. The highest BCUT2D eigenvalue weighted by Crippen LogP contribution is 2.45. The standard InChI is InChI=1S/C20H26F3N3O2/c21-20(22,23)16-3-1-10-24-17(16)25-11-2-8-19(13-25)9-12-26(18(19)28)14-4-6-15(27)7-5-14/h1,3,10,14-15,27H,2,4-9,11-13H2. The lowest BCUT2D eigenvalue weighted by Crippen LogP contribution is -2.50. The van der Waals surface area contributed by atoms with Gasteiger partial charge >= 0.3 is 6.18 Å². The molecule has 5 nitrogen and oxygen atoms in total. The Kier molecular flexibility index (Phi) is 5.02. The first-order valence-electron chi connectivity index (χ1n) is 10.1. The molecule has 3 fully saturated rings. The summed E-state index contributed by atoms with van der Waals surface area (Å²) in [5.74, 6) is 0.00388. The number of carbonyl (C=O) groups is 1. The van der Waals surface area contributed by atoms with E-state index in [2.05, 4.69) is 4.98 Å². The molecule has 1 N–H and O–H groups in total. The Balaban J connectivity index is 1.54. The van der Waals surface area contributed by atoms with Crippen molar-refractivity contribution in [3.05, 3.63) is 23.9 Å². The second kappa shape index (κ2) is 7.21. The number of anilines is 1. The monoisotopic (exact) mass is 397 g/mol.